The molecular weight excluding hydrogens is 828 g/mol. The van der Waals surface area contributed by atoms with E-state index in [2.05, 4.69) is 10.1 Å². The fourth-order valence-corrected chi connectivity index (χ4v) is 8.32. The van der Waals surface area contributed by atoms with Crippen LogP contribution in [-0.2, 0) is 35.1 Å². The molecule has 0 saturated heterocycles. The molecule has 3 N–H and O–H groups in total. The third kappa shape index (κ3) is 15.9. The van der Waals surface area contributed by atoms with Crippen molar-refractivity contribution in [2.24, 2.45) is 11.1 Å². The molecule has 11 nitrogen and oxygen atoms in total. The smallest absolute Gasteiger partial charge is 0.444 e. The van der Waals surface area contributed by atoms with Crippen molar-refractivity contribution in [1.29, 1.82) is 0 Å². The Morgan fingerprint density at radius 3 is 2.15 bits per heavy atom. The number of thioether (sulfide) groups is 1. The number of rotatable bonds is 18. The highest BCUT2D eigenvalue weighted by molar-refractivity contribution is 8.00. The zero-order valence-corrected chi connectivity index (χ0v) is 37.4. The Hall–Kier alpha value is -4.42. The van der Waals surface area contributed by atoms with E-state index < -0.39 is 73.3 Å². The Labute approximate surface area is 353 Å². The average molecular weight is 885 g/mol. The minimum absolute atomic E-state index is 0.0433. The summed E-state index contributed by atoms with van der Waals surface area (Å²) in [7, 11) is -2.31. The first-order chi connectivity index (χ1) is 27.7. The highest BCUT2D eigenvalue weighted by atomic mass is 32.2. The number of hydrogen-bond donors (Lipinski definition) is 2. The molecule has 18 heteroatoms. The number of alkyl halides is 3. The zero-order valence-electron chi connectivity index (χ0n) is 35.6. The van der Waals surface area contributed by atoms with E-state index in [9.17, 15) is 36.7 Å². The zero-order chi connectivity index (χ0) is 45.2. The fourth-order valence-electron chi connectivity index (χ4n) is 6.24. The molecule has 2 aromatic carbocycles. The Morgan fingerprint density at radius 2 is 1.58 bits per heavy atom. The minimum atomic E-state index is -5.35. The van der Waals surface area contributed by atoms with Crippen LogP contribution >= 0.6 is 11.8 Å². The molecule has 2 amide bonds. The van der Waals surface area contributed by atoms with Gasteiger partial charge >= 0.3 is 24.2 Å². The van der Waals surface area contributed by atoms with E-state index in [1.807, 2.05) is 55.7 Å². The summed E-state index contributed by atoms with van der Waals surface area (Å²) in [5.74, 6) is -5.92. The van der Waals surface area contributed by atoms with E-state index in [1.165, 1.54) is 0 Å². The third-order valence-corrected chi connectivity index (χ3v) is 11.3. The lowest BCUT2D eigenvalue weighted by atomic mass is 9.83. The van der Waals surface area contributed by atoms with Gasteiger partial charge in [-0.3, -0.25) is 4.79 Å². The van der Waals surface area contributed by atoms with Gasteiger partial charge in [0.05, 0.1) is 19.9 Å². The van der Waals surface area contributed by atoms with Crippen LogP contribution in [0.2, 0.25) is 25.7 Å². The number of nitrogens with two attached hydrogens (primary N) is 1. The molecule has 3 atom stereocenters. The number of aromatic nitrogens is 1. The molecule has 0 aliphatic carbocycles. The van der Waals surface area contributed by atoms with Crippen LogP contribution in [0, 0.1) is 17.0 Å². The lowest BCUT2D eigenvalue weighted by Gasteiger charge is -2.41. The number of benzene rings is 2. The quantitative estimate of drug-likeness (QED) is 0.0556. The van der Waals surface area contributed by atoms with Crippen LogP contribution in [0.1, 0.15) is 65.3 Å². The van der Waals surface area contributed by atoms with Crippen molar-refractivity contribution < 1.29 is 55.3 Å². The van der Waals surface area contributed by atoms with Gasteiger partial charge in [0.2, 0.25) is 12.2 Å². The summed E-state index contributed by atoms with van der Waals surface area (Å²) in [6, 6.07) is 12.0. The molecule has 0 bridgehead atoms. The van der Waals surface area contributed by atoms with Gasteiger partial charge in [0.1, 0.15) is 23.3 Å². The Morgan fingerprint density at radius 1 is 0.933 bits per heavy atom. The molecule has 1 aromatic heterocycles. The number of alkyl carbamates (subject to hydrolysis) is 1. The number of carbonyl (C=O) groups is 4. The van der Waals surface area contributed by atoms with Gasteiger partial charge in [-0.05, 0) is 69.0 Å². The third-order valence-electron chi connectivity index (χ3n) is 8.68. The van der Waals surface area contributed by atoms with Crippen molar-refractivity contribution in [3.63, 3.8) is 0 Å². The lowest BCUT2D eigenvalue weighted by Crippen LogP contribution is -2.48. The first-order valence-corrected chi connectivity index (χ1v) is 24.3. The summed E-state index contributed by atoms with van der Waals surface area (Å²) >= 11 is 0.943. The number of carbonyl (C=O) groups excluding carboxylic acids is 4. The molecule has 0 aliphatic heterocycles. The Bertz CT molecular complexity index is 1930. The molecule has 2 unspecified atom stereocenters. The first kappa shape index (κ1) is 49.9. The molecule has 3 rings (SSSR count). The van der Waals surface area contributed by atoms with E-state index in [1.54, 1.807) is 57.6 Å². The number of nitrogens with one attached hydrogen (secondary N) is 1. The van der Waals surface area contributed by atoms with E-state index in [-0.39, 0.29) is 42.1 Å². The van der Waals surface area contributed by atoms with Crippen molar-refractivity contribution in [2.75, 3.05) is 24.6 Å². The van der Waals surface area contributed by atoms with Gasteiger partial charge in [-0.2, -0.15) is 13.2 Å². The second kappa shape index (κ2) is 20.9. The van der Waals surface area contributed by atoms with Crippen LogP contribution in [0.25, 0.3) is 11.1 Å². The van der Waals surface area contributed by atoms with Gasteiger partial charge in [0.15, 0.2) is 0 Å². The fraction of sp³-hybridized carbons (Fsp3) is 0.524. The standard InChI is InChI=1S/C42H57F5N4O7SSi/c1-40(2,3)36(33-20-28(30-21-29(43)16-17-31(30)44)23-50(33)22-27-14-11-10-12-15-27)51(19-13-18-48)34(52)25-59-24-32(49-39(55)58-41(4,5)6)37(53)56-35(26-60(7,8)9)57-38(54)42(45,46)47/h10-12,14-17,20-21,23,32,35-36H,13,18-19,22,24-26,48H2,1-9H3,(H,49,55)/t32?,35?,36-/m0/s1. The van der Waals surface area contributed by atoms with Crippen molar-refractivity contribution in [3.05, 3.63) is 83.7 Å². The van der Waals surface area contributed by atoms with E-state index >= 15 is 4.39 Å². The van der Waals surface area contributed by atoms with E-state index in [4.69, 9.17) is 15.2 Å². The highest BCUT2D eigenvalue weighted by Crippen LogP contribution is 2.41. The number of esters is 2. The van der Waals surface area contributed by atoms with Crippen LogP contribution in [0.5, 0.6) is 0 Å². The molecule has 332 valence electrons. The summed E-state index contributed by atoms with van der Waals surface area (Å²) in [5, 5.41) is 2.38. The van der Waals surface area contributed by atoms with Gasteiger partial charge in [-0.25, -0.2) is 23.2 Å². The predicted octanol–water partition coefficient (Wildman–Crippen LogP) is 8.69. The van der Waals surface area contributed by atoms with Gasteiger partial charge in [-0.1, -0.05) is 70.7 Å². The summed E-state index contributed by atoms with van der Waals surface area (Å²) < 4.78 is 86.2. The molecule has 1 heterocycles. The Balaban J connectivity index is 2.00. The van der Waals surface area contributed by atoms with Crippen LogP contribution in [-0.4, -0.2) is 90.2 Å². The second-order valence-electron chi connectivity index (χ2n) is 17.6. The molecule has 0 aliphatic rings. The summed E-state index contributed by atoms with van der Waals surface area (Å²) in [6.07, 6.45) is -6.16. The molecule has 0 saturated carbocycles. The highest BCUT2D eigenvalue weighted by Gasteiger charge is 2.44. The number of ether oxygens (including phenoxy) is 3. The number of nitrogens with zero attached hydrogens (tertiary/aromatic N) is 2. The maximum atomic E-state index is 15.2. The second-order valence-corrected chi connectivity index (χ2v) is 24.2. The van der Waals surface area contributed by atoms with Crippen molar-refractivity contribution in [3.8, 4) is 11.1 Å². The normalized spacial score (nSPS) is 13.8. The molecule has 3 aromatic rings. The number of halogens is 5. The van der Waals surface area contributed by atoms with Gasteiger partial charge in [-0.15, -0.1) is 11.8 Å². The minimum Gasteiger partial charge on any atom is -0.444 e. The van der Waals surface area contributed by atoms with Crippen LogP contribution in [0.15, 0.2) is 60.8 Å². The summed E-state index contributed by atoms with van der Waals surface area (Å²) in [4.78, 5) is 54.3. The first-order valence-electron chi connectivity index (χ1n) is 19.4. The van der Waals surface area contributed by atoms with Gasteiger partial charge in [0.25, 0.3) is 0 Å². The van der Waals surface area contributed by atoms with Crippen LogP contribution < -0.4 is 11.1 Å². The largest absolute Gasteiger partial charge is 0.491 e. The maximum Gasteiger partial charge on any atom is 0.491 e. The lowest BCUT2D eigenvalue weighted by molar-refractivity contribution is -0.223. The van der Waals surface area contributed by atoms with Crippen molar-refractivity contribution >= 4 is 43.8 Å². The van der Waals surface area contributed by atoms with E-state index in [0.717, 1.165) is 35.5 Å². The van der Waals surface area contributed by atoms with Crippen LogP contribution in [0.3, 0.4) is 0 Å². The summed E-state index contributed by atoms with van der Waals surface area (Å²) in [6.45, 7) is 16.7. The van der Waals surface area contributed by atoms with Gasteiger partial charge < -0.3 is 34.7 Å². The Kier molecular flexibility index (Phi) is 17.4. The van der Waals surface area contributed by atoms with Gasteiger partial charge in [0, 0.05) is 47.9 Å². The molecular formula is C42H57F5N4O7SSi. The molecule has 0 spiro atoms. The maximum absolute atomic E-state index is 15.2. The number of amides is 2. The molecule has 0 radical (unpaired) electrons. The molecule has 60 heavy (non-hydrogen) atoms. The van der Waals surface area contributed by atoms with Crippen molar-refractivity contribution in [2.45, 2.75) is 110 Å². The van der Waals surface area contributed by atoms with Crippen LogP contribution in [0.4, 0.5) is 26.7 Å². The number of hydrogen-bond acceptors (Lipinski definition) is 9. The van der Waals surface area contributed by atoms with E-state index in [0.29, 0.717) is 24.2 Å². The molecule has 0 fully saturated rings. The topological polar surface area (TPSA) is 142 Å². The van der Waals surface area contributed by atoms with Crippen molar-refractivity contribution in [1.82, 2.24) is 14.8 Å². The average Bonchev–Trinajstić information content (AvgIpc) is 3.50. The summed E-state index contributed by atoms with van der Waals surface area (Å²) in [5.41, 5.74) is 6.29. The predicted molar refractivity (Wildman–Crippen MR) is 224 cm³/mol. The monoisotopic (exact) mass is 884 g/mol. The SMILES string of the molecule is CC(C)(C)OC(=O)NC(CSCC(=O)N(CCCN)[C@@H](c1cc(-c2cc(F)ccc2F)cn1Cc1ccccc1)C(C)(C)C)C(=O)OC(C[Si](C)(C)C)OC(=O)C(F)(F)F.